The van der Waals surface area contributed by atoms with E-state index in [1.807, 2.05) is 0 Å². The molecule has 0 spiro atoms. The summed E-state index contributed by atoms with van der Waals surface area (Å²) in [7, 11) is 1.25. The first-order valence-electron chi connectivity index (χ1n) is 5.22. The number of rotatable bonds is 3. The van der Waals surface area contributed by atoms with Crippen LogP contribution in [0.4, 0.5) is 15.9 Å². The summed E-state index contributed by atoms with van der Waals surface area (Å²) in [6.07, 6.45) is 2.67. The van der Waals surface area contributed by atoms with Crippen molar-refractivity contribution < 1.29 is 13.9 Å². The van der Waals surface area contributed by atoms with Crippen molar-refractivity contribution in [3.05, 3.63) is 47.1 Å². The van der Waals surface area contributed by atoms with Gasteiger partial charge in [-0.15, -0.1) is 0 Å². The van der Waals surface area contributed by atoms with Crippen LogP contribution in [-0.4, -0.2) is 23.0 Å². The van der Waals surface area contributed by atoms with Crippen LogP contribution >= 0.6 is 11.6 Å². The van der Waals surface area contributed by atoms with Gasteiger partial charge in [0, 0.05) is 10.7 Å². The molecular weight excluding hydrogens is 273 g/mol. The Balaban J connectivity index is 2.25. The number of hydrogen-bond acceptors (Lipinski definition) is 5. The summed E-state index contributed by atoms with van der Waals surface area (Å²) in [5.41, 5.74) is 0.455. The number of carbonyl (C=O) groups excluding carboxylic acids is 1. The number of carbonyl (C=O) groups is 1. The highest BCUT2D eigenvalue weighted by Crippen LogP contribution is 2.20. The third kappa shape index (κ3) is 3.38. The average molecular weight is 282 g/mol. The van der Waals surface area contributed by atoms with Gasteiger partial charge in [0.2, 0.25) is 0 Å². The molecule has 7 heteroatoms. The van der Waals surface area contributed by atoms with E-state index in [0.717, 1.165) is 0 Å². The van der Waals surface area contributed by atoms with Crippen molar-refractivity contribution in [2.24, 2.45) is 0 Å². The molecule has 5 nitrogen and oxygen atoms in total. The molecule has 0 aliphatic rings. The Bertz CT molecular complexity index is 601. The molecular formula is C12H9ClFN3O2. The second-order valence-electron chi connectivity index (χ2n) is 3.56. The lowest BCUT2D eigenvalue weighted by atomic mass is 10.3. The summed E-state index contributed by atoms with van der Waals surface area (Å²) in [5, 5.41) is 3.05. The summed E-state index contributed by atoms with van der Waals surface area (Å²) in [5.74, 6) is -0.801. The molecule has 0 aliphatic heterocycles. The average Bonchev–Trinajstić information content (AvgIpc) is 2.37. The van der Waals surface area contributed by atoms with Gasteiger partial charge in [-0.25, -0.2) is 14.2 Å². The van der Waals surface area contributed by atoms with Crippen molar-refractivity contribution >= 4 is 29.1 Å². The second kappa shape index (κ2) is 5.62. The number of benzene rings is 1. The minimum absolute atomic E-state index is 0.0509. The molecule has 1 N–H and O–H groups in total. The molecule has 1 heterocycles. The molecule has 19 heavy (non-hydrogen) atoms. The summed E-state index contributed by atoms with van der Waals surface area (Å²) in [6, 6.07) is 3.96. The molecule has 0 radical (unpaired) electrons. The van der Waals surface area contributed by atoms with Crippen LogP contribution in [-0.2, 0) is 4.74 Å². The molecule has 1 aromatic heterocycles. The van der Waals surface area contributed by atoms with Crippen molar-refractivity contribution in [3.63, 3.8) is 0 Å². The first kappa shape index (κ1) is 13.2. The zero-order valence-corrected chi connectivity index (χ0v) is 10.6. The molecule has 0 bridgehead atoms. The van der Waals surface area contributed by atoms with Crippen molar-refractivity contribution in [2.75, 3.05) is 12.4 Å². The molecule has 0 fully saturated rings. The molecule has 0 saturated heterocycles. The van der Waals surface area contributed by atoms with Gasteiger partial charge in [0.25, 0.3) is 0 Å². The van der Waals surface area contributed by atoms with Gasteiger partial charge in [0.1, 0.15) is 11.6 Å². The van der Waals surface area contributed by atoms with Crippen LogP contribution in [0.1, 0.15) is 10.5 Å². The maximum Gasteiger partial charge on any atom is 0.358 e. The molecule has 0 aliphatic carbocycles. The second-order valence-corrected chi connectivity index (χ2v) is 4.00. The van der Waals surface area contributed by atoms with Gasteiger partial charge in [-0.05, 0) is 18.2 Å². The third-order valence-electron chi connectivity index (χ3n) is 2.16. The number of aromatic nitrogens is 2. The Labute approximate surface area is 113 Å². The van der Waals surface area contributed by atoms with E-state index in [2.05, 4.69) is 20.0 Å². The fraction of sp³-hybridized carbons (Fsp3) is 0.0833. The van der Waals surface area contributed by atoms with E-state index in [0.29, 0.717) is 5.69 Å². The zero-order valence-electron chi connectivity index (χ0n) is 9.85. The normalized spacial score (nSPS) is 10.1. The monoisotopic (exact) mass is 281 g/mol. The number of halogens is 2. The van der Waals surface area contributed by atoms with Crippen LogP contribution in [0.5, 0.6) is 0 Å². The lowest BCUT2D eigenvalue weighted by Crippen LogP contribution is -2.06. The number of nitrogens with one attached hydrogen (secondary N) is 1. The van der Waals surface area contributed by atoms with E-state index in [-0.39, 0.29) is 16.5 Å². The summed E-state index contributed by atoms with van der Waals surface area (Å²) >= 11 is 5.73. The quantitative estimate of drug-likeness (QED) is 0.877. The highest BCUT2D eigenvalue weighted by molar-refractivity contribution is 6.30. The molecule has 98 valence electrons. The van der Waals surface area contributed by atoms with Gasteiger partial charge >= 0.3 is 5.97 Å². The molecule has 0 saturated carbocycles. The topological polar surface area (TPSA) is 64.1 Å². The van der Waals surface area contributed by atoms with E-state index in [1.165, 1.54) is 37.7 Å². The minimum atomic E-state index is -0.603. The third-order valence-corrected chi connectivity index (χ3v) is 2.38. The maximum absolute atomic E-state index is 13.2. The van der Waals surface area contributed by atoms with Gasteiger partial charge in [-0.1, -0.05) is 11.6 Å². The van der Waals surface area contributed by atoms with Gasteiger partial charge in [0.15, 0.2) is 5.69 Å². The van der Waals surface area contributed by atoms with Gasteiger partial charge in [-0.2, -0.15) is 0 Å². The molecule has 2 aromatic rings. The summed E-state index contributed by atoms with van der Waals surface area (Å²) < 4.78 is 17.7. The number of esters is 1. The van der Waals surface area contributed by atoms with E-state index < -0.39 is 11.8 Å². The van der Waals surface area contributed by atoms with Crippen LogP contribution in [0.15, 0.2) is 30.6 Å². The maximum atomic E-state index is 13.2. The van der Waals surface area contributed by atoms with Crippen LogP contribution < -0.4 is 5.32 Å². The molecule has 1 aromatic carbocycles. The fourth-order valence-corrected chi connectivity index (χ4v) is 1.62. The molecule has 0 amide bonds. The largest absolute Gasteiger partial charge is 0.464 e. The Morgan fingerprint density at radius 2 is 2.16 bits per heavy atom. The van der Waals surface area contributed by atoms with Gasteiger partial charge in [0.05, 0.1) is 19.5 Å². The number of hydrogen-bond donors (Lipinski definition) is 1. The highest BCUT2D eigenvalue weighted by Gasteiger charge is 2.09. The summed E-state index contributed by atoms with van der Waals surface area (Å²) in [4.78, 5) is 19.1. The Morgan fingerprint density at radius 3 is 2.84 bits per heavy atom. The number of anilines is 2. The Kier molecular flexibility index (Phi) is 3.91. The number of ether oxygens (including phenoxy) is 1. The van der Waals surface area contributed by atoms with E-state index in [4.69, 9.17) is 11.6 Å². The van der Waals surface area contributed by atoms with Crippen molar-refractivity contribution in [1.29, 1.82) is 0 Å². The Morgan fingerprint density at radius 1 is 1.37 bits per heavy atom. The zero-order chi connectivity index (χ0) is 13.8. The number of nitrogens with zero attached hydrogens (tertiary/aromatic N) is 2. The first-order valence-corrected chi connectivity index (χ1v) is 5.60. The number of methoxy groups -OCH3 is 1. The first-order chi connectivity index (χ1) is 9.08. The van der Waals surface area contributed by atoms with E-state index in [9.17, 15) is 9.18 Å². The molecule has 2 rings (SSSR count). The lowest BCUT2D eigenvalue weighted by molar-refractivity contribution is 0.0593. The highest BCUT2D eigenvalue weighted by atomic mass is 35.5. The summed E-state index contributed by atoms with van der Waals surface area (Å²) in [6.45, 7) is 0. The predicted octanol–water partition coefficient (Wildman–Crippen LogP) is 2.80. The minimum Gasteiger partial charge on any atom is -0.464 e. The van der Waals surface area contributed by atoms with Gasteiger partial charge in [-0.3, -0.25) is 4.98 Å². The molecule has 0 unspecified atom stereocenters. The molecule has 0 atom stereocenters. The van der Waals surface area contributed by atoms with Crippen LogP contribution in [0.2, 0.25) is 5.02 Å². The van der Waals surface area contributed by atoms with Gasteiger partial charge < -0.3 is 10.1 Å². The van der Waals surface area contributed by atoms with Crippen LogP contribution in [0.25, 0.3) is 0 Å². The Hall–Kier alpha value is -2.21. The van der Waals surface area contributed by atoms with Crippen molar-refractivity contribution in [3.8, 4) is 0 Å². The standard InChI is InChI=1S/C12H9ClFN3O2/c1-19-12(18)10-5-15-6-11(17-10)16-9-3-7(13)2-8(14)4-9/h2-6H,1H3,(H,16,17). The van der Waals surface area contributed by atoms with Crippen molar-refractivity contribution in [1.82, 2.24) is 9.97 Å². The van der Waals surface area contributed by atoms with Crippen LogP contribution in [0.3, 0.4) is 0 Å². The van der Waals surface area contributed by atoms with Crippen LogP contribution in [0, 0.1) is 5.82 Å². The smallest absolute Gasteiger partial charge is 0.358 e. The SMILES string of the molecule is COC(=O)c1cncc(Nc2cc(F)cc(Cl)c2)n1. The predicted molar refractivity (Wildman–Crippen MR) is 68.1 cm³/mol. The van der Waals surface area contributed by atoms with E-state index in [1.54, 1.807) is 0 Å². The van der Waals surface area contributed by atoms with Crippen molar-refractivity contribution in [2.45, 2.75) is 0 Å². The lowest BCUT2D eigenvalue weighted by Gasteiger charge is -2.06. The fourth-order valence-electron chi connectivity index (χ4n) is 1.40. The van der Waals surface area contributed by atoms with E-state index >= 15 is 0 Å².